The summed E-state index contributed by atoms with van der Waals surface area (Å²) in [7, 11) is 0. The van der Waals surface area contributed by atoms with Gasteiger partial charge >= 0.3 is 0 Å². The number of hydrogen-bond donors (Lipinski definition) is 1. The van der Waals surface area contributed by atoms with Crippen LogP contribution in [-0.2, 0) is 6.54 Å². The molecule has 1 aliphatic rings. The number of benzene rings is 1. The van der Waals surface area contributed by atoms with Crippen molar-refractivity contribution in [3.63, 3.8) is 0 Å². The van der Waals surface area contributed by atoms with Gasteiger partial charge < -0.3 is 19.4 Å². The average Bonchev–Trinajstić information content (AvgIpc) is 3.43. The number of ether oxygens (including phenoxy) is 2. The van der Waals surface area contributed by atoms with Crippen molar-refractivity contribution in [1.29, 1.82) is 0 Å². The molecule has 0 saturated heterocycles. The second-order valence-electron chi connectivity index (χ2n) is 6.66. The maximum absolute atomic E-state index is 5.77. The Balaban J connectivity index is 1.64. The molecule has 2 heterocycles. The van der Waals surface area contributed by atoms with Gasteiger partial charge in [-0.15, -0.1) is 10.2 Å². The zero-order chi connectivity index (χ0) is 18.8. The first-order valence-corrected chi connectivity index (χ1v) is 9.53. The highest BCUT2D eigenvalue weighted by molar-refractivity contribution is 5.93. The van der Waals surface area contributed by atoms with Crippen molar-refractivity contribution in [3.8, 4) is 11.5 Å². The summed E-state index contributed by atoms with van der Waals surface area (Å²) < 4.78 is 13.7. The zero-order valence-corrected chi connectivity index (χ0v) is 16.0. The normalized spacial score (nSPS) is 13.7. The number of anilines is 1. The molecule has 7 heteroatoms. The molecule has 1 N–H and O–H groups in total. The van der Waals surface area contributed by atoms with Gasteiger partial charge in [0.05, 0.1) is 25.3 Å². The molecular formula is C20H25N5O2. The van der Waals surface area contributed by atoms with Crippen LogP contribution < -0.4 is 14.8 Å². The molecule has 4 rings (SSSR count). The summed E-state index contributed by atoms with van der Waals surface area (Å²) in [5.74, 6) is 3.41. The van der Waals surface area contributed by atoms with Crippen molar-refractivity contribution in [1.82, 2.24) is 19.7 Å². The smallest absolute Gasteiger partial charge is 0.163 e. The minimum atomic E-state index is 0.560. The van der Waals surface area contributed by atoms with Gasteiger partial charge in [0, 0.05) is 29.4 Å². The van der Waals surface area contributed by atoms with E-state index in [4.69, 9.17) is 9.47 Å². The van der Waals surface area contributed by atoms with Crippen LogP contribution in [0.2, 0.25) is 0 Å². The molecule has 1 aliphatic carbocycles. The largest absolute Gasteiger partial charge is 0.490 e. The van der Waals surface area contributed by atoms with E-state index in [1.807, 2.05) is 39.0 Å². The van der Waals surface area contributed by atoms with E-state index in [1.54, 1.807) is 6.20 Å². The first-order chi connectivity index (χ1) is 13.2. The number of hydrogen-bond acceptors (Lipinski definition) is 6. The van der Waals surface area contributed by atoms with Gasteiger partial charge in [0.25, 0.3) is 0 Å². The molecule has 27 heavy (non-hydrogen) atoms. The molecule has 3 aromatic rings. The maximum atomic E-state index is 5.77. The summed E-state index contributed by atoms with van der Waals surface area (Å²) in [5.41, 5.74) is 1.86. The molecule has 0 spiro atoms. The number of fused-ring (bicyclic) bond motifs is 1. The van der Waals surface area contributed by atoms with E-state index in [2.05, 4.69) is 25.1 Å². The van der Waals surface area contributed by atoms with Crippen LogP contribution in [0.25, 0.3) is 10.9 Å². The SMILES string of the molecule is CCOc1cc2nccc(NCc3nnc(C)n3C3CC3)c2cc1OCC. The number of nitrogens with one attached hydrogen (secondary N) is 1. The van der Waals surface area contributed by atoms with Gasteiger partial charge in [0.15, 0.2) is 17.3 Å². The van der Waals surface area contributed by atoms with Crippen LogP contribution in [0.1, 0.15) is 44.4 Å². The third-order valence-electron chi connectivity index (χ3n) is 4.69. The lowest BCUT2D eigenvalue weighted by Crippen LogP contribution is -2.09. The Morgan fingerprint density at radius 1 is 1.11 bits per heavy atom. The fourth-order valence-corrected chi connectivity index (χ4v) is 3.36. The summed E-state index contributed by atoms with van der Waals surface area (Å²) in [6, 6.07) is 6.47. The van der Waals surface area contributed by atoms with E-state index >= 15 is 0 Å². The predicted octanol–water partition coefficient (Wildman–Crippen LogP) is 3.88. The molecular weight excluding hydrogens is 342 g/mol. The highest BCUT2D eigenvalue weighted by atomic mass is 16.5. The highest BCUT2D eigenvalue weighted by Gasteiger charge is 2.28. The molecule has 0 amide bonds. The lowest BCUT2D eigenvalue weighted by Gasteiger charge is -2.15. The fourth-order valence-electron chi connectivity index (χ4n) is 3.36. The Morgan fingerprint density at radius 2 is 1.85 bits per heavy atom. The predicted molar refractivity (Wildman–Crippen MR) is 104 cm³/mol. The van der Waals surface area contributed by atoms with E-state index in [9.17, 15) is 0 Å². The standard InChI is InChI=1S/C20H25N5O2/c1-4-26-18-10-15-16(8-9-21-17(15)11-19(18)27-5-2)22-12-20-24-23-13(3)25(20)14-6-7-14/h8-11,14H,4-7,12H2,1-3H3,(H,21,22). The van der Waals surface area contributed by atoms with E-state index in [0.29, 0.717) is 25.8 Å². The number of aromatic nitrogens is 4. The molecule has 142 valence electrons. The highest BCUT2D eigenvalue weighted by Crippen LogP contribution is 2.37. The lowest BCUT2D eigenvalue weighted by atomic mass is 10.1. The van der Waals surface area contributed by atoms with E-state index in [0.717, 1.165) is 39.7 Å². The quantitative estimate of drug-likeness (QED) is 0.651. The van der Waals surface area contributed by atoms with E-state index < -0.39 is 0 Å². The summed E-state index contributed by atoms with van der Waals surface area (Å²) in [4.78, 5) is 4.49. The topological polar surface area (TPSA) is 74.1 Å². The Labute approximate surface area is 158 Å². The molecule has 2 aromatic heterocycles. The molecule has 0 bridgehead atoms. The Kier molecular flexibility index (Phi) is 4.83. The van der Waals surface area contributed by atoms with Crippen LogP contribution in [0.5, 0.6) is 11.5 Å². The van der Waals surface area contributed by atoms with Gasteiger partial charge in [0.2, 0.25) is 0 Å². The van der Waals surface area contributed by atoms with Crippen molar-refractivity contribution in [3.05, 3.63) is 36.0 Å². The van der Waals surface area contributed by atoms with Crippen LogP contribution in [0.3, 0.4) is 0 Å². The van der Waals surface area contributed by atoms with Gasteiger partial charge in [0.1, 0.15) is 5.82 Å². The molecule has 0 atom stereocenters. The van der Waals surface area contributed by atoms with Crippen LogP contribution in [0.4, 0.5) is 5.69 Å². The third kappa shape index (κ3) is 3.54. The monoisotopic (exact) mass is 367 g/mol. The molecule has 1 fully saturated rings. The van der Waals surface area contributed by atoms with E-state index in [1.165, 1.54) is 12.8 Å². The van der Waals surface area contributed by atoms with Crippen molar-refractivity contribution < 1.29 is 9.47 Å². The van der Waals surface area contributed by atoms with Crippen LogP contribution in [-0.4, -0.2) is 33.0 Å². The van der Waals surface area contributed by atoms with Crippen molar-refractivity contribution in [2.45, 2.75) is 46.2 Å². The summed E-state index contributed by atoms with van der Waals surface area (Å²) in [5, 5.41) is 13.1. The molecule has 0 aliphatic heterocycles. The van der Waals surface area contributed by atoms with Crippen molar-refractivity contribution in [2.75, 3.05) is 18.5 Å². The first-order valence-electron chi connectivity index (χ1n) is 9.53. The number of rotatable bonds is 8. The number of aryl methyl sites for hydroxylation is 1. The minimum Gasteiger partial charge on any atom is -0.490 e. The zero-order valence-electron chi connectivity index (χ0n) is 16.0. The molecule has 1 saturated carbocycles. The Morgan fingerprint density at radius 3 is 2.56 bits per heavy atom. The molecule has 7 nitrogen and oxygen atoms in total. The van der Waals surface area contributed by atoms with E-state index in [-0.39, 0.29) is 0 Å². The van der Waals surface area contributed by atoms with Gasteiger partial charge in [-0.1, -0.05) is 0 Å². The third-order valence-corrected chi connectivity index (χ3v) is 4.69. The second-order valence-corrected chi connectivity index (χ2v) is 6.66. The van der Waals surface area contributed by atoms with Gasteiger partial charge in [-0.3, -0.25) is 4.98 Å². The van der Waals surface area contributed by atoms with Crippen LogP contribution in [0, 0.1) is 6.92 Å². The Bertz CT molecular complexity index is 949. The second kappa shape index (κ2) is 7.42. The average molecular weight is 367 g/mol. The minimum absolute atomic E-state index is 0.560. The van der Waals surface area contributed by atoms with Crippen LogP contribution >= 0.6 is 0 Å². The summed E-state index contributed by atoms with van der Waals surface area (Å²) in [6.45, 7) is 7.73. The summed E-state index contributed by atoms with van der Waals surface area (Å²) >= 11 is 0. The van der Waals surface area contributed by atoms with Gasteiger partial charge in [-0.05, 0) is 45.7 Å². The Hall–Kier alpha value is -2.83. The molecule has 1 aromatic carbocycles. The maximum Gasteiger partial charge on any atom is 0.163 e. The first kappa shape index (κ1) is 17.6. The number of nitrogens with zero attached hydrogens (tertiary/aromatic N) is 4. The van der Waals surface area contributed by atoms with Crippen LogP contribution in [0.15, 0.2) is 24.4 Å². The van der Waals surface area contributed by atoms with Gasteiger partial charge in [-0.2, -0.15) is 0 Å². The van der Waals surface area contributed by atoms with Gasteiger partial charge in [-0.25, -0.2) is 0 Å². The fraction of sp³-hybridized carbons (Fsp3) is 0.450. The summed E-state index contributed by atoms with van der Waals surface area (Å²) in [6.07, 6.45) is 4.22. The molecule has 0 radical (unpaired) electrons. The number of pyridine rings is 1. The molecule has 0 unspecified atom stereocenters. The van der Waals surface area contributed by atoms with Crippen molar-refractivity contribution >= 4 is 16.6 Å². The lowest BCUT2D eigenvalue weighted by molar-refractivity contribution is 0.288. The van der Waals surface area contributed by atoms with Crippen molar-refractivity contribution in [2.24, 2.45) is 0 Å².